The van der Waals surface area contributed by atoms with Gasteiger partial charge in [-0.1, -0.05) is 23.7 Å². The molecular formula is C15H17ClN2O3S. The van der Waals surface area contributed by atoms with E-state index in [1.807, 2.05) is 6.92 Å². The number of sulfonamides is 1. The van der Waals surface area contributed by atoms with Crippen molar-refractivity contribution >= 4 is 21.6 Å². The van der Waals surface area contributed by atoms with Crippen LogP contribution in [0.3, 0.4) is 0 Å². The van der Waals surface area contributed by atoms with E-state index >= 15 is 0 Å². The highest BCUT2D eigenvalue weighted by Crippen LogP contribution is 2.26. The van der Waals surface area contributed by atoms with Gasteiger partial charge in [-0.25, -0.2) is 8.42 Å². The fourth-order valence-corrected chi connectivity index (χ4v) is 4.04. The summed E-state index contributed by atoms with van der Waals surface area (Å²) in [5, 5.41) is 9.36. The molecule has 0 spiro atoms. The van der Waals surface area contributed by atoms with E-state index in [-0.39, 0.29) is 29.6 Å². The van der Waals surface area contributed by atoms with Crippen LogP contribution in [0.2, 0.25) is 5.02 Å². The highest BCUT2D eigenvalue weighted by Gasteiger charge is 2.26. The fraction of sp³-hybridized carbons (Fsp3) is 0.267. The maximum Gasteiger partial charge on any atom is 0.244 e. The van der Waals surface area contributed by atoms with E-state index in [2.05, 4.69) is 4.98 Å². The predicted molar refractivity (Wildman–Crippen MR) is 85.1 cm³/mol. The number of halogens is 1. The summed E-state index contributed by atoms with van der Waals surface area (Å²) in [4.78, 5) is 4.01. The van der Waals surface area contributed by atoms with E-state index in [4.69, 9.17) is 11.6 Å². The molecule has 0 aliphatic heterocycles. The normalized spacial score (nSPS) is 11.8. The smallest absolute Gasteiger partial charge is 0.244 e. The lowest BCUT2D eigenvalue weighted by Crippen LogP contribution is -2.33. The number of benzene rings is 1. The highest BCUT2D eigenvalue weighted by atomic mass is 35.5. The number of aliphatic hydroxyl groups excluding tert-OH is 1. The first-order valence-electron chi connectivity index (χ1n) is 6.71. The van der Waals surface area contributed by atoms with Crippen LogP contribution < -0.4 is 0 Å². The number of aromatic nitrogens is 1. The van der Waals surface area contributed by atoms with Crippen LogP contribution in [0.15, 0.2) is 47.6 Å². The molecule has 1 heterocycles. The van der Waals surface area contributed by atoms with E-state index in [1.54, 1.807) is 36.7 Å². The van der Waals surface area contributed by atoms with Gasteiger partial charge in [0.05, 0.1) is 11.6 Å². The van der Waals surface area contributed by atoms with Crippen molar-refractivity contribution in [2.24, 2.45) is 0 Å². The number of hydrogen-bond donors (Lipinski definition) is 1. The summed E-state index contributed by atoms with van der Waals surface area (Å²) in [7, 11) is -3.80. The Morgan fingerprint density at radius 3 is 2.68 bits per heavy atom. The average Bonchev–Trinajstić information content (AvgIpc) is 2.47. The molecule has 0 unspecified atom stereocenters. The minimum atomic E-state index is -3.80. The molecule has 22 heavy (non-hydrogen) atoms. The Morgan fingerprint density at radius 2 is 2.09 bits per heavy atom. The van der Waals surface area contributed by atoms with Crippen LogP contribution in [0.25, 0.3) is 0 Å². The second kappa shape index (κ2) is 7.19. The van der Waals surface area contributed by atoms with Crippen molar-refractivity contribution < 1.29 is 13.5 Å². The number of aryl methyl sites for hydroxylation is 1. The molecule has 7 heteroatoms. The van der Waals surface area contributed by atoms with Gasteiger partial charge in [-0.3, -0.25) is 4.98 Å². The van der Waals surface area contributed by atoms with E-state index in [1.165, 1.54) is 10.4 Å². The van der Waals surface area contributed by atoms with Crippen LogP contribution in [-0.4, -0.2) is 36.0 Å². The summed E-state index contributed by atoms with van der Waals surface area (Å²) in [5.41, 5.74) is 1.62. The molecule has 5 nitrogen and oxygen atoms in total. The minimum absolute atomic E-state index is 0.0125. The van der Waals surface area contributed by atoms with Gasteiger partial charge in [0.2, 0.25) is 10.0 Å². The molecule has 2 rings (SSSR count). The Balaban J connectivity index is 2.37. The van der Waals surface area contributed by atoms with Crippen molar-refractivity contribution in [1.82, 2.24) is 9.29 Å². The Bertz CT molecular complexity index is 736. The zero-order chi connectivity index (χ0) is 16.2. The Hall–Kier alpha value is -1.47. The molecule has 1 N–H and O–H groups in total. The summed E-state index contributed by atoms with van der Waals surface area (Å²) >= 11 is 6.08. The summed E-state index contributed by atoms with van der Waals surface area (Å²) in [5.74, 6) is 0. The van der Waals surface area contributed by atoms with Crippen LogP contribution in [0.4, 0.5) is 0 Å². The maximum atomic E-state index is 12.8. The molecule has 0 aliphatic carbocycles. The van der Waals surface area contributed by atoms with E-state index < -0.39 is 10.0 Å². The summed E-state index contributed by atoms with van der Waals surface area (Å²) < 4.78 is 26.7. The number of aliphatic hydroxyl groups is 1. The predicted octanol–water partition coefficient (Wildman–Crippen LogP) is 2.23. The zero-order valence-electron chi connectivity index (χ0n) is 12.1. The van der Waals surface area contributed by atoms with Crippen LogP contribution in [0.1, 0.15) is 11.1 Å². The molecule has 1 aromatic carbocycles. The highest BCUT2D eigenvalue weighted by molar-refractivity contribution is 7.89. The molecule has 1 aromatic heterocycles. The molecule has 0 atom stereocenters. The first kappa shape index (κ1) is 16.9. The summed E-state index contributed by atoms with van der Waals surface area (Å²) in [6, 6.07) is 8.30. The van der Waals surface area contributed by atoms with Crippen molar-refractivity contribution in [2.75, 3.05) is 13.2 Å². The van der Waals surface area contributed by atoms with Gasteiger partial charge in [-0.2, -0.15) is 4.31 Å². The van der Waals surface area contributed by atoms with Gasteiger partial charge in [0, 0.05) is 25.5 Å². The number of rotatable bonds is 6. The zero-order valence-corrected chi connectivity index (χ0v) is 13.7. The van der Waals surface area contributed by atoms with Crippen molar-refractivity contribution in [3.05, 3.63) is 58.9 Å². The van der Waals surface area contributed by atoms with Crippen LogP contribution in [-0.2, 0) is 16.6 Å². The standard InChI is InChI=1S/C15H17ClN2O3S/c1-12-4-5-15(14(16)9-12)22(20,21)18(7-8-19)11-13-3-2-6-17-10-13/h2-6,9-10,19H,7-8,11H2,1H3. The molecule has 0 amide bonds. The fourth-order valence-electron chi connectivity index (χ4n) is 2.05. The van der Waals surface area contributed by atoms with Crippen LogP contribution in [0, 0.1) is 6.92 Å². The van der Waals surface area contributed by atoms with Crippen LogP contribution in [0.5, 0.6) is 0 Å². The second-order valence-electron chi connectivity index (χ2n) is 4.86. The third-order valence-electron chi connectivity index (χ3n) is 3.14. The Morgan fingerprint density at radius 1 is 1.32 bits per heavy atom. The van der Waals surface area contributed by atoms with Crippen molar-refractivity contribution in [3.8, 4) is 0 Å². The van der Waals surface area contributed by atoms with Gasteiger partial charge in [-0.05, 0) is 36.2 Å². The lowest BCUT2D eigenvalue weighted by Gasteiger charge is -2.22. The van der Waals surface area contributed by atoms with E-state index in [0.29, 0.717) is 0 Å². The SMILES string of the molecule is Cc1ccc(S(=O)(=O)N(CCO)Cc2cccnc2)c(Cl)c1. The first-order chi connectivity index (χ1) is 10.4. The third kappa shape index (κ3) is 3.84. The monoisotopic (exact) mass is 340 g/mol. The molecule has 118 valence electrons. The van der Waals surface area contributed by atoms with Gasteiger partial charge < -0.3 is 5.11 Å². The summed E-state index contributed by atoms with van der Waals surface area (Å²) in [6.07, 6.45) is 3.21. The molecule has 0 bridgehead atoms. The topological polar surface area (TPSA) is 70.5 Å². The average molecular weight is 341 g/mol. The lowest BCUT2D eigenvalue weighted by molar-refractivity contribution is 0.251. The van der Waals surface area contributed by atoms with Gasteiger partial charge in [0.1, 0.15) is 4.90 Å². The summed E-state index contributed by atoms with van der Waals surface area (Å²) in [6.45, 7) is 1.68. The Labute approximate surface area is 135 Å². The van der Waals surface area contributed by atoms with Gasteiger partial charge in [0.25, 0.3) is 0 Å². The Kier molecular flexibility index (Phi) is 5.52. The molecular weight excluding hydrogens is 324 g/mol. The van der Waals surface area contributed by atoms with Gasteiger partial charge >= 0.3 is 0 Å². The maximum absolute atomic E-state index is 12.8. The van der Waals surface area contributed by atoms with Crippen molar-refractivity contribution in [2.45, 2.75) is 18.4 Å². The quantitative estimate of drug-likeness (QED) is 0.875. The number of nitrogens with zero attached hydrogens (tertiary/aromatic N) is 2. The number of pyridine rings is 1. The van der Waals surface area contributed by atoms with Crippen molar-refractivity contribution in [3.63, 3.8) is 0 Å². The van der Waals surface area contributed by atoms with Gasteiger partial charge in [-0.15, -0.1) is 0 Å². The minimum Gasteiger partial charge on any atom is -0.395 e. The second-order valence-corrected chi connectivity index (χ2v) is 7.17. The molecule has 0 aliphatic rings. The lowest BCUT2D eigenvalue weighted by atomic mass is 10.2. The van der Waals surface area contributed by atoms with Gasteiger partial charge in [0.15, 0.2) is 0 Å². The van der Waals surface area contributed by atoms with Crippen molar-refractivity contribution in [1.29, 1.82) is 0 Å². The molecule has 0 saturated heterocycles. The molecule has 2 aromatic rings. The van der Waals surface area contributed by atoms with Crippen LogP contribution >= 0.6 is 11.6 Å². The first-order valence-corrected chi connectivity index (χ1v) is 8.53. The largest absolute Gasteiger partial charge is 0.395 e. The van der Waals surface area contributed by atoms with E-state index in [9.17, 15) is 13.5 Å². The molecule has 0 saturated carbocycles. The molecule has 0 radical (unpaired) electrons. The number of hydrogen-bond acceptors (Lipinski definition) is 4. The third-order valence-corrected chi connectivity index (χ3v) is 5.46. The van der Waals surface area contributed by atoms with E-state index in [0.717, 1.165) is 11.1 Å². The molecule has 0 fully saturated rings.